The number of carbonyl (C=O) groups is 1. The lowest BCUT2D eigenvalue weighted by molar-refractivity contribution is -0.120. The van der Waals surface area contributed by atoms with E-state index < -0.39 is 22.5 Å². The number of carbonyl (C=O) groups excluding carboxylic acids is 1. The summed E-state index contributed by atoms with van der Waals surface area (Å²) in [6.07, 6.45) is 0.710. The molecule has 1 N–H and O–H groups in total. The summed E-state index contributed by atoms with van der Waals surface area (Å²) in [5, 5.41) is 3.05. The van der Waals surface area contributed by atoms with Gasteiger partial charge in [-0.05, 0) is 61.2 Å². The minimum atomic E-state index is -4.16. The second-order valence-corrected chi connectivity index (χ2v) is 11.0. The first-order valence-electron chi connectivity index (χ1n) is 12.5. The lowest BCUT2D eigenvalue weighted by atomic mass is 9.97. The van der Waals surface area contributed by atoms with E-state index in [1.807, 2.05) is 37.3 Å². The molecular formula is C29H36N2O6S. The lowest BCUT2D eigenvalue weighted by Gasteiger charge is -2.27. The first-order chi connectivity index (χ1) is 18.2. The number of methoxy groups -OCH3 is 2. The lowest BCUT2D eigenvalue weighted by Crippen LogP contribution is -2.42. The van der Waals surface area contributed by atoms with E-state index in [9.17, 15) is 13.2 Å². The predicted octanol–water partition coefficient (Wildman–Crippen LogP) is 5.20. The minimum absolute atomic E-state index is 0.0291. The van der Waals surface area contributed by atoms with Crippen LogP contribution < -0.4 is 23.8 Å². The van der Waals surface area contributed by atoms with Crippen LogP contribution in [0.2, 0.25) is 0 Å². The third kappa shape index (κ3) is 7.19. The molecule has 204 valence electrons. The number of nitrogens with zero attached hydrogens (tertiary/aromatic N) is 1. The fraction of sp³-hybridized carbons (Fsp3) is 0.345. The molecule has 3 aromatic rings. The summed E-state index contributed by atoms with van der Waals surface area (Å²) < 4.78 is 45.0. The maximum Gasteiger partial charge on any atom is 0.264 e. The molecule has 3 aromatic carbocycles. The fourth-order valence-electron chi connectivity index (χ4n) is 4.10. The van der Waals surface area contributed by atoms with E-state index in [0.717, 1.165) is 9.87 Å². The Morgan fingerprint density at radius 2 is 1.58 bits per heavy atom. The minimum Gasteiger partial charge on any atom is -0.494 e. The molecule has 0 radical (unpaired) electrons. The zero-order chi connectivity index (χ0) is 27.7. The summed E-state index contributed by atoms with van der Waals surface area (Å²) in [6.45, 7) is 6.09. The van der Waals surface area contributed by atoms with Crippen LogP contribution in [0.5, 0.6) is 17.2 Å². The zero-order valence-corrected chi connectivity index (χ0v) is 23.3. The molecule has 0 bridgehead atoms. The third-order valence-corrected chi connectivity index (χ3v) is 7.68. The number of amides is 1. The molecule has 0 fully saturated rings. The van der Waals surface area contributed by atoms with Gasteiger partial charge in [0.1, 0.15) is 12.3 Å². The molecule has 0 aliphatic rings. The van der Waals surface area contributed by atoms with Crippen LogP contribution in [0.1, 0.15) is 38.8 Å². The summed E-state index contributed by atoms with van der Waals surface area (Å²) in [7, 11) is -1.25. The molecule has 9 heteroatoms. The Kier molecular flexibility index (Phi) is 10.0. The van der Waals surface area contributed by atoms with E-state index in [1.165, 1.54) is 32.4 Å². The quantitative estimate of drug-likeness (QED) is 0.320. The second-order valence-electron chi connectivity index (χ2n) is 9.12. The molecule has 0 heterocycles. The van der Waals surface area contributed by atoms with Crippen LogP contribution in [0.3, 0.4) is 0 Å². The van der Waals surface area contributed by atoms with Crippen molar-refractivity contribution in [2.24, 2.45) is 5.92 Å². The molecule has 0 saturated carbocycles. The number of ether oxygens (including phenoxy) is 3. The zero-order valence-electron chi connectivity index (χ0n) is 22.5. The van der Waals surface area contributed by atoms with Crippen LogP contribution in [-0.4, -0.2) is 41.7 Å². The number of hydrogen-bond donors (Lipinski definition) is 1. The monoisotopic (exact) mass is 540 g/mol. The van der Waals surface area contributed by atoms with Gasteiger partial charge >= 0.3 is 0 Å². The van der Waals surface area contributed by atoms with Crippen LogP contribution in [0.25, 0.3) is 0 Å². The number of benzene rings is 3. The molecular weight excluding hydrogens is 504 g/mol. The van der Waals surface area contributed by atoms with Crippen LogP contribution in [-0.2, 0) is 14.8 Å². The Bertz CT molecular complexity index is 1290. The Morgan fingerprint density at radius 1 is 0.921 bits per heavy atom. The number of sulfonamides is 1. The largest absolute Gasteiger partial charge is 0.494 e. The fourth-order valence-corrected chi connectivity index (χ4v) is 5.54. The normalized spacial score (nSPS) is 12.1. The average molecular weight is 541 g/mol. The molecule has 38 heavy (non-hydrogen) atoms. The van der Waals surface area contributed by atoms with Gasteiger partial charge in [0.15, 0.2) is 11.5 Å². The van der Waals surface area contributed by atoms with Crippen molar-refractivity contribution in [3.05, 3.63) is 78.4 Å². The Morgan fingerprint density at radius 3 is 2.16 bits per heavy atom. The Balaban J connectivity index is 1.98. The van der Waals surface area contributed by atoms with Gasteiger partial charge in [0.25, 0.3) is 10.0 Å². The van der Waals surface area contributed by atoms with Crippen molar-refractivity contribution < 1.29 is 27.4 Å². The number of anilines is 1. The first kappa shape index (κ1) is 28.8. The molecule has 0 saturated heterocycles. The van der Waals surface area contributed by atoms with Crippen LogP contribution in [0, 0.1) is 5.92 Å². The van der Waals surface area contributed by atoms with Gasteiger partial charge < -0.3 is 19.5 Å². The topological polar surface area (TPSA) is 94.2 Å². The molecule has 0 aliphatic carbocycles. The van der Waals surface area contributed by atoms with Gasteiger partial charge in [0.05, 0.1) is 37.5 Å². The van der Waals surface area contributed by atoms with Crippen LogP contribution in [0.4, 0.5) is 5.69 Å². The number of nitrogens with one attached hydrogen (secondary N) is 1. The molecule has 1 amide bonds. The second kappa shape index (κ2) is 13.2. The van der Waals surface area contributed by atoms with E-state index in [2.05, 4.69) is 19.2 Å². The summed E-state index contributed by atoms with van der Waals surface area (Å²) in [5.74, 6) is 1.17. The Labute approximate surface area is 225 Å². The highest BCUT2D eigenvalue weighted by Gasteiger charge is 2.29. The number of rotatable bonds is 13. The van der Waals surface area contributed by atoms with Gasteiger partial charge in [-0.25, -0.2) is 8.42 Å². The van der Waals surface area contributed by atoms with Crippen molar-refractivity contribution >= 4 is 21.6 Å². The summed E-state index contributed by atoms with van der Waals surface area (Å²) >= 11 is 0. The smallest absolute Gasteiger partial charge is 0.264 e. The van der Waals surface area contributed by atoms with Gasteiger partial charge in [0.2, 0.25) is 5.91 Å². The van der Waals surface area contributed by atoms with E-state index >= 15 is 0 Å². The van der Waals surface area contributed by atoms with E-state index in [4.69, 9.17) is 14.2 Å². The first-order valence-corrected chi connectivity index (χ1v) is 14.0. The van der Waals surface area contributed by atoms with Crippen molar-refractivity contribution in [1.82, 2.24) is 5.32 Å². The molecule has 0 spiro atoms. The van der Waals surface area contributed by atoms with Crippen molar-refractivity contribution in [2.75, 3.05) is 31.7 Å². The van der Waals surface area contributed by atoms with Crippen molar-refractivity contribution in [2.45, 2.75) is 38.1 Å². The van der Waals surface area contributed by atoms with Crippen LogP contribution in [0.15, 0.2) is 77.7 Å². The SMILES string of the molecule is CCOc1ccc(N(CC(=O)N[C@@H](CC(C)C)c2ccccc2)S(=O)(=O)c2ccc(OC)c(OC)c2)cc1. The standard InChI is InChI=1S/C29H36N2O6S/c1-6-37-24-14-12-23(13-15-24)31(38(33,34)25-16-17-27(35-4)28(19-25)36-5)20-29(32)30-26(18-21(2)3)22-10-8-7-9-11-22/h7-17,19,21,26H,6,18,20H2,1-5H3,(H,30,32)/t26-/m0/s1. The van der Waals surface area contributed by atoms with Crippen molar-refractivity contribution in [3.63, 3.8) is 0 Å². The van der Waals surface area contributed by atoms with Gasteiger partial charge in [0, 0.05) is 6.07 Å². The Hall–Kier alpha value is -3.72. The molecule has 8 nitrogen and oxygen atoms in total. The maximum absolute atomic E-state index is 13.9. The van der Waals surface area contributed by atoms with E-state index in [0.29, 0.717) is 36.1 Å². The summed E-state index contributed by atoms with van der Waals surface area (Å²) in [4.78, 5) is 13.3. The van der Waals surface area contributed by atoms with Gasteiger partial charge in [-0.1, -0.05) is 44.2 Å². The van der Waals surface area contributed by atoms with Crippen LogP contribution >= 0.6 is 0 Å². The van der Waals surface area contributed by atoms with E-state index in [-0.39, 0.29) is 16.7 Å². The predicted molar refractivity (Wildman–Crippen MR) is 148 cm³/mol. The van der Waals surface area contributed by atoms with Gasteiger partial charge in [-0.15, -0.1) is 0 Å². The molecule has 0 aromatic heterocycles. The maximum atomic E-state index is 13.9. The molecule has 0 aliphatic heterocycles. The van der Waals surface area contributed by atoms with Gasteiger partial charge in [-0.3, -0.25) is 9.10 Å². The molecule has 1 atom stereocenters. The van der Waals surface area contributed by atoms with Crippen molar-refractivity contribution in [3.8, 4) is 17.2 Å². The van der Waals surface area contributed by atoms with Gasteiger partial charge in [-0.2, -0.15) is 0 Å². The highest BCUT2D eigenvalue weighted by Crippen LogP contribution is 2.33. The highest BCUT2D eigenvalue weighted by molar-refractivity contribution is 7.92. The third-order valence-electron chi connectivity index (χ3n) is 5.91. The summed E-state index contributed by atoms with van der Waals surface area (Å²) in [5.41, 5.74) is 1.29. The number of hydrogen-bond acceptors (Lipinski definition) is 6. The van der Waals surface area contributed by atoms with Crippen molar-refractivity contribution in [1.29, 1.82) is 0 Å². The highest BCUT2D eigenvalue weighted by atomic mass is 32.2. The molecule has 0 unspecified atom stereocenters. The molecule has 3 rings (SSSR count). The van der Waals surface area contributed by atoms with E-state index in [1.54, 1.807) is 24.3 Å². The average Bonchev–Trinajstić information content (AvgIpc) is 2.91. The summed E-state index contributed by atoms with van der Waals surface area (Å²) in [6, 6.07) is 20.4.